The Morgan fingerprint density at radius 3 is 2.06 bits per heavy atom. The van der Waals surface area contributed by atoms with Crippen LogP contribution in [0.5, 0.6) is 0 Å². The minimum atomic E-state index is -0.548. The van der Waals surface area contributed by atoms with Crippen LogP contribution < -0.4 is 11.3 Å². The molecule has 0 saturated carbocycles. The second kappa shape index (κ2) is 6.07. The van der Waals surface area contributed by atoms with Crippen molar-refractivity contribution in [1.82, 2.24) is 5.43 Å². The molecule has 4 heteroatoms. The van der Waals surface area contributed by atoms with E-state index in [1.165, 1.54) is 12.1 Å². The van der Waals surface area contributed by atoms with Crippen molar-refractivity contribution in [3.05, 3.63) is 35.4 Å². The molecule has 0 saturated heterocycles. The summed E-state index contributed by atoms with van der Waals surface area (Å²) in [4.78, 5) is 0. The maximum absolute atomic E-state index is 13.1. The van der Waals surface area contributed by atoms with Crippen LogP contribution in [0.15, 0.2) is 18.2 Å². The molecule has 96 valence electrons. The average molecular weight is 242 g/mol. The van der Waals surface area contributed by atoms with Crippen LogP contribution in [0.3, 0.4) is 0 Å². The number of rotatable bonds is 5. The molecule has 0 aliphatic rings. The van der Waals surface area contributed by atoms with Crippen molar-refractivity contribution < 1.29 is 8.78 Å². The summed E-state index contributed by atoms with van der Waals surface area (Å²) in [5, 5.41) is 0. The number of hydrazine groups is 1. The standard InChI is InChI=1S/C13H20F2N2/c1-8(2)9(3)13(17-16)6-10-4-11(14)7-12(15)5-10/h4-5,7-9,13,17H,6,16H2,1-3H3. The average Bonchev–Trinajstić information content (AvgIpc) is 2.23. The van der Waals surface area contributed by atoms with E-state index in [1.54, 1.807) is 0 Å². The Hall–Kier alpha value is -1.00. The highest BCUT2D eigenvalue weighted by atomic mass is 19.1. The van der Waals surface area contributed by atoms with Gasteiger partial charge in [-0.1, -0.05) is 20.8 Å². The summed E-state index contributed by atoms with van der Waals surface area (Å²) < 4.78 is 26.1. The third-order valence-corrected chi connectivity index (χ3v) is 3.28. The van der Waals surface area contributed by atoms with Gasteiger partial charge in [-0.15, -0.1) is 0 Å². The Bertz CT molecular complexity index is 346. The van der Waals surface area contributed by atoms with E-state index in [1.807, 2.05) is 0 Å². The fourth-order valence-electron chi connectivity index (χ4n) is 1.84. The largest absolute Gasteiger partial charge is 0.271 e. The number of benzene rings is 1. The summed E-state index contributed by atoms with van der Waals surface area (Å²) in [6.07, 6.45) is 0.518. The third kappa shape index (κ3) is 4.06. The maximum Gasteiger partial charge on any atom is 0.126 e. The van der Waals surface area contributed by atoms with Gasteiger partial charge in [-0.05, 0) is 36.0 Å². The van der Waals surface area contributed by atoms with Gasteiger partial charge in [0.15, 0.2) is 0 Å². The van der Waals surface area contributed by atoms with Crippen molar-refractivity contribution in [3.63, 3.8) is 0 Å². The van der Waals surface area contributed by atoms with Crippen molar-refractivity contribution in [3.8, 4) is 0 Å². The van der Waals surface area contributed by atoms with Crippen molar-refractivity contribution in [2.75, 3.05) is 0 Å². The lowest BCUT2D eigenvalue weighted by atomic mass is 9.87. The van der Waals surface area contributed by atoms with Gasteiger partial charge in [0, 0.05) is 12.1 Å². The summed E-state index contributed by atoms with van der Waals surface area (Å²) in [7, 11) is 0. The highest BCUT2D eigenvalue weighted by molar-refractivity contribution is 5.19. The number of hydrogen-bond donors (Lipinski definition) is 2. The predicted octanol–water partition coefficient (Wildman–Crippen LogP) is 2.63. The van der Waals surface area contributed by atoms with Gasteiger partial charge < -0.3 is 0 Å². The third-order valence-electron chi connectivity index (χ3n) is 3.28. The molecular weight excluding hydrogens is 222 g/mol. The van der Waals surface area contributed by atoms with Crippen LogP contribution in [0, 0.1) is 23.5 Å². The van der Waals surface area contributed by atoms with Gasteiger partial charge in [0.25, 0.3) is 0 Å². The molecule has 2 unspecified atom stereocenters. The van der Waals surface area contributed by atoms with Crippen molar-refractivity contribution in [2.24, 2.45) is 17.7 Å². The van der Waals surface area contributed by atoms with Crippen LogP contribution in [-0.4, -0.2) is 6.04 Å². The summed E-state index contributed by atoms with van der Waals surface area (Å²) in [5.74, 6) is 5.18. The topological polar surface area (TPSA) is 38.0 Å². The van der Waals surface area contributed by atoms with Crippen molar-refractivity contribution in [1.29, 1.82) is 0 Å². The van der Waals surface area contributed by atoms with Gasteiger partial charge in [0.1, 0.15) is 11.6 Å². The minimum Gasteiger partial charge on any atom is -0.271 e. The zero-order valence-electron chi connectivity index (χ0n) is 10.5. The number of nitrogens with one attached hydrogen (secondary N) is 1. The smallest absolute Gasteiger partial charge is 0.126 e. The molecule has 0 bridgehead atoms. The lowest BCUT2D eigenvalue weighted by Crippen LogP contribution is -2.43. The first-order valence-electron chi connectivity index (χ1n) is 5.85. The van der Waals surface area contributed by atoms with E-state index < -0.39 is 11.6 Å². The van der Waals surface area contributed by atoms with E-state index in [4.69, 9.17) is 5.84 Å². The maximum atomic E-state index is 13.1. The monoisotopic (exact) mass is 242 g/mol. The summed E-state index contributed by atoms with van der Waals surface area (Å²) in [6.45, 7) is 6.27. The molecular formula is C13H20F2N2. The molecule has 2 nitrogen and oxygen atoms in total. The molecule has 0 heterocycles. The molecule has 0 aliphatic heterocycles. The summed E-state index contributed by atoms with van der Waals surface area (Å²) in [6, 6.07) is 3.58. The second-order valence-corrected chi connectivity index (χ2v) is 4.86. The molecule has 2 atom stereocenters. The molecule has 1 aromatic carbocycles. The Morgan fingerprint density at radius 2 is 1.65 bits per heavy atom. The van der Waals surface area contributed by atoms with Crippen LogP contribution in [0.1, 0.15) is 26.3 Å². The van der Waals surface area contributed by atoms with E-state index in [0.29, 0.717) is 23.8 Å². The van der Waals surface area contributed by atoms with Crippen molar-refractivity contribution in [2.45, 2.75) is 33.2 Å². The molecule has 0 radical (unpaired) electrons. The molecule has 17 heavy (non-hydrogen) atoms. The van der Waals surface area contributed by atoms with E-state index in [0.717, 1.165) is 6.07 Å². The zero-order valence-corrected chi connectivity index (χ0v) is 10.5. The number of hydrogen-bond acceptors (Lipinski definition) is 2. The van der Waals surface area contributed by atoms with Crippen LogP contribution in [0.4, 0.5) is 8.78 Å². The van der Waals surface area contributed by atoms with Crippen LogP contribution >= 0.6 is 0 Å². The van der Waals surface area contributed by atoms with Gasteiger partial charge in [0.05, 0.1) is 0 Å². The highest BCUT2D eigenvalue weighted by Gasteiger charge is 2.19. The lowest BCUT2D eigenvalue weighted by molar-refractivity contribution is 0.299. The Labute approximate surface area is 101 Å². The fourth-order valence-corrected chi connectivity index (χ4v) is 1.84. The van der Waals surface area contributed by atoms with E-state index >= 15 is 0 Å². The van der Waals surface area contributed by atoms with E-state index in [9.17, 15) is 8.78 Å². The molecule has 1 rings (SSSR count). The zero-order chi connectivity index (χ0) is 13.0. The van der Waals surface area contributed by atoms with Gasteiger partial charge in [-0.3, -0.25) is 11.3 Å². The molecule has 3 N–H and O–H groups in total. The number of halogens is 2. The molecule has 1 aromatic rings. The van der Waals surface area contributed by atoms with Crippen LogP contribution in [0.2, 0.25) is 0 Å². The fraction of sp³-hybridized carbons (Fsp3) is 0.538. The minimum absolute atomic E-state index is 0.0104. The molecule has 0 aromatic heterocycles. The van der Waals surface area contributed by atoms with Gasteiger partial charge in [0.2, 0.25) is 0 Å². The Kier molecular flexibility index (Phi) is 5.02. The van der Waals surface area contributed by atoms with Gasteiger partial charge in [-0.2, -0.15) is 0 Å². The quantitative estimate of drug-likeness (QED) is 0.615. The molecule has 0 amide bonds. The first-order chi connectivity index (χ1) is 7.93. The highest BCUT2D eigenvalue weighted by Crippen LogP contribution is 2.18. The summed E-state index contributed by atoms with van der Waals surface area (Å²) in [5.41, 5.74) is 3.35. The molecule has 0 spiro atoms. The van der Waals surface area contributed by atoms with E-state index in [-0.39, 0.29) is 6.04 Å². The summed E-state index contributed by atoms with van der Waals surface area (Å²) >= 11 is 0. The van der Waals surface area contributed by atoms with Gasteiger partial charge in [-0.25, -0.2) is 8.78 Å². The first-order valence-corrected chi connectivity index (χ1v) is 5.85. The number of nitrogens with two attached hydrogens (primary N) is 1. The van der Waals surface area contributed by atoms with Crippen LogP contribution in [0.25, 0.3) is 0 Å². The van der Waals surface area contributed by atoms with Crippen LogP contribution in [-0.2, 0) is 6.42 Å². The Balaban J connectivity index is 2.80. The molecule has 0 fully saturated rings. The predicted molar refractivity (Wildman–Crippen MR) is 65.2 cm³/mol. The normalized spacial score (nSPS) is 15.0. The van der Waals surface area contributed by atoms with Gasteiger partial charge >= 0.3 is 0 Å². The second-order valence-electron chi connectivity index (χ2n) is 4.86. The lowest BCUT2D eigenvalue weighted by Gasteiger charge is -2.26. The Morgan fingerprint density at radius 1 is 1.12 bits per heavy atom. The van der Waals surface area contributed by atoms with E-state index in [2.05, 4.69) is 26.2 Å². The SMILES string of the molecule is CC(C)C(C)C(Cc1cc(F)cc(F)c1)NN. The molecule has 0 aliphatic carbocycles. The van der Waals surface area contributed by atoms with Crippen molar-refractivity contribution >= 4 is 0 Å². The first kappa shape index (κ1) is 14.1.